The molecule has 0 heterocycles. The number of carbonyl (C=O) groups excluding carboxylic acids is 1. The third-order valence-electron chi connectivity index (χ3n) is 3.77. The second-order valence-corrected chi connectivity index (χ2v) is 5.52. The van der Waals surface area contributed by atoms with Crippen molar-refractivity contribution in [2.24, 2.45) is 5.73 Å². The van der Waals surface area contributed by atoms with E-state index in [0.29, 0.717) is 35.1 Å². The lowest BCUT2D eigenvalue weighted by molar-refractivity contribution is 0.106. The molecule has 1 aromatic rings. The Balaban J connectivity index is 3.40. The van der Waals surface area contributed by atoms with Gasteiger partial charge < -0.3 is 24.7 Å². The number of hydrogen-bond acceptors (Lipinski definition) is 7. The molecule has 0 aliphatic rings. The van der Waals surface area contributed by atoms with Gasteiger partial charge in [-0.15, -0.1) is 5.92 Å². The molecule has 7 nitrogen and oxygen atoms in total. The number of benzene rings is 1. The number of carbonyl (C=O) groups is 1. The van der Waals surface area contributed by atoms with E-state index in [0.717, 1.165) is 0 Å². The molecule has 0 saturated carbocycles. The molecule has 1 rings (SSSR count). The van der Waals surface area contributed by atoms with E-state index in [-0.39, 0.29) is 17.7 Å². The molecule has 0 fully saturated rings. The van der Waals surface area contributed by atoms with Crippen LogP contribution in [0.3, 0.4) is 0 Å². The molecule has 1 aromatic carbocycles. The van der Waals surface area contributed by atoms with Crippen molar-refractivity contribution in [2.45, 2.75) is 13.3 Å². The van der Waals surface area contributed by atoms with Gasteiger partial charge in [-0.05, 0) is 19.1 Å². The second-order valence-electron chi connectivity index (χ2n) is 5.52. The highest BCUT2D eigenvalue weighted by Gasteiger charge is 2.22. The second kappa shape index (κ2) is 11.5. The average molecular weight is 386 g/mol. The SMILES string of the molecule is CC#CC/C(N)=C(\C=C/COC)C(=N)C(=O)c1cc(OC)c(OC)c(OC)c1. The Hall–Kier alpha value is -3.24. The van der Waals surface area contributed by atoms with Gasteiger partial charge >= 0.3 is 0 Å². The number of Topliss-reactive ketones (excluding diaryl/α,β-unsaturated/α-hetero) is 1. The molecular formula is C21H26N2O5. The number of nitrogens with one attached hydrogen (secondary N) is 1. The molecule has 7 heteroatoms. The Morgan fingerprint density at radius 3 is 2.21 bits per heavy atom. The lowest BCUT2D eigenvalue weighted by Crippen LogP contribution is -2.19. The Morgan fingerprint density at radius 1 is 1.14 bits per heavy atom. The van der Waals surface area contributed by atoms with Crippen LogP contribution >= 0.6 is 0 Å². The van der Waals surface area contributed by atoms with Crippen LogP contribution in [0.15, 0.2) is 35.6 Å². The zero-order valence-corrected chi connectivity index (χ0v) is 16.8. The van der Waals surface area contributed by atoms with E-state index in [1.54, 1.807) is 26.2 Å². The minimum Gasteiger partial charge on any atom is -0.493 e. The molecule has 28 heavy (non-hydrogen) atoms. The summed E-state index contributed by atoms with van der Waals surface area (Å²) in [5.74, 6) is 6.06. The van der Waals surface area contributed by atoms with E-state index in [2.05, 4.69) is 11.8 Å². The lowest BCUT2D eigenvalue weighted by Gasteiger charge is -2.14. The molecule has 0 spiro atoms. The molecule has 0 atom stereocenters. The Bertz CT molecular complexity index is 819. The summed E-state index contributed by atoms with van der Waals surface area (Å²) in [5, 5.41) is 8.40. The first kappa shape index (κ1) is 22.8. The third kappa shape index (κ3) is 5.63. The molecule has 0 unspecified atom stereocenters. The predicted octanol–water partition coefficient (Wildman–Crippen LogP) is 2.74. The van der Waals surface area contributed by atoms with E-state index >= 15 is 0 Å². The van der Waals surface area contributed by atoms with Crippen molar-refractivity contribution >= 4 is 11.5 Å². The minimum absolute atomic E-state index is 0.214. The van der Waals surface area contributed by atoms with Gasteiger partial charge in [0.05, 0.1) is 27.9 Å². The average Bonchev–Trinajstić information content (AvgIpc) is 2.72. The van der Waals surface area contributed by atoms with E-state index in [9.17, 15) is 4.79 Å². The van der Waals surface area contributed by atoms with Gasteiger partial charge in [0.2, 0.25) is 11.5 Å². The summed E-state index contributed by atoms with van der Waals surface area (Å²) in [4.78, 5) is 13.0. The number of ketones is 1. The first-order chi connectivity index (χ1) is 13.4. The van der Waals surface area contributed by atoms with E-state index in [1.807, 2.05) is 0 Å². The van der Waals surface area contributed by atoms with Crippen LogP contribution in [0.2, 0.25) is 0 Å². The fraction of sp³-hybridized carbons (Fsp3) is 0.333. The quantitative estimate of drug-likeness (QED) is 0.277. The maximum Gasteiger partial charge on any atom is 0.211 e. The highest BCUT2D eigenvalue weighted by molar-refractivity contribution is 6.51. The Kier molecular flexibility index (Phi) is 9.34. The summed E-state index contributed by atoms with van der Waals surface area (Å²) in [6, 6.07) is 2.99. The van der Waals surface area contributed by atoms with Crippen molar-refractivity contribution in [1.82, 2.24) is 0 Å². The molecule has 0 saturated heterocycles. The molecule has 0 bridgehead atoms. The number of allylic oxidation sites excluding steroid dienone is 3. The van der Waals surface area contributed by atoms with Gasteiger partial charge in [-0.3, -0.25) is 10.2 Å². The van der Waals surface area contributed by atoms with E-state index in [4.69, 9.17) is 30.1 Å². The zero-order chi connectivity index (χ0) is 21.1. The van der Waals surface area contributed by atoms with Crippen LogP contribution in [0.25, 0.3) is 0 Å². The summed E-state index contributed by atoms with van der Waals surface area (Å²) in [5.41, 5.74) is 6.65. The molecule has 0 aromatic heterocycles. The molecule has 0 radical (unpaired) electrons. The van der Waals surface area contributed by atoms with Crippen LogP contribution in [0.5, 0.6) is 17.2 Å². The van der Waals surface area contributed by atoms with Crippen molar-refractivity contribution in [1.29, 1.82) is 5.41 Å². The molecule has 150 valence electrons. The van der Waals surface area contributed by atoms with Gasteiger partial charge in [-0.1, -0.05) is 18.1 Å². The van der Waals surface area contributed by atoms with Crippen LogP contribution in [-0.2, 0) is 4.74 Å². The van der Waals surface area contributed by atoms with Crippen molar-refractivity contribution < 1.29 is 23.7 Å². The van der Waals surface area contributed by atoms with Crippen molar-refractivity contribution in [2.75, 3.05) is 35.0 Å². The number of nitrogens with two attached hydrogens (primary N) is 1. The predicted molar refractivity (Wildman–Crippen MR) is 108 cm³/mol. The molecule has 0 aliphatic heterocycles. The van der Waals surface area contributed by atoms with Crippen molar-refractivity contribution in [3.05, 3.63) is 41.1 Å². The normalized spacial score (nSPS) is 11.3. The van der Waals surface area contributed by atoms with Gasteiger partial charge in [0.25, 0.3) is 0 Å². The number of methoxy groups -OCH3 is 4. The summed E-state index contributed by atoms with van der Waals surface area (Å²) < 4.78 is 20.8. The summed E-state index contributed by atoms with van der Waals surface area (Å²) in [7, 11) is 5.93. The summed E-state index contributed by atoms with van der Waals surface area (Å²) >= 11 is 0. The highest BCUT2D eigenvalue weighted by Crippen LogP contribution is 2.38. The number of ether oxygens (including phenoxy) is 4. The molecule has 0 aliphatic carbocycles. The first-order valence-corrected chi connectivity index (χ1v) is 8.42. The van der Waals surface area contributed by atoms with E-state index < -0.39 is 5.78 Å². The monoisotopic (exact) mass is 386 g/mol. The van der Waals surface area contributed by atoms with Gasteiger partial charge in [0.1, 0.15) is 5.71 Å². The maximum atomic E-state index is 13.0. The van der Waals surface area contributed by atoms with Crippen molar-refractivity contribution in [3.8, 4) is 29.1 Å². The standard InChI is InChI=1S/C21H26N2O5/c1-6-7-10-16(22)15(9-8-11-25-2)19(23)20(24)14-12-17(26-3)21(28-5)18(13-14)27-4/h8-9,12-13,23H,10-11,22H2,1-5H3/b9-8-,16-15-,23-19?. The largest absolute Gasteiger partial charge is 0.493 e. The first-order valence-electron chi connectivity index (χ1n) is 8.42. The molecular weight excluding hydrogens is 360 g/mol. The molecule has 3 N–H and O–H groups in total. The summed E-state index contributed by atoms with van der Waals surface area (Å²) in [6.07, 6.45) is 3.51. The Morgan fingerprint density at radius 2 is 1.75 bits per heavy atom. The fourth-order valence-electron chi connectivity index (χ4n) is 2.37. The maximum absolute atomic E-state index is 13.0. The van der Waals surface area contributed by atoms with Crippen LogP contribution in [0, 0.1) is 17.3 Å². The van der Waals surface area contributed by atoms with E-state index in [1.165, 1.54) is 33.5 Å². The van der Waals surface area contributed by atoms with Gasteiger partial charge in [0, 0.05) is 30.4 Å². The van der Waals surface area contributed by atoms with Crippen LogP contribution < -0.4 is 19.9 Å². The van der Waals surface area contributed by atoms with Crippen LogP contribution in [0.1, 0.15) is 23.7 Å². The fourth-order valence-corrected chi connectivity index (χ4v) is 2.37. The Labute approximate surface area is 165 Å². The van der Waals surface area contributed by atoms with Gasteiger partial charge in [0.15, 0.2) is 11.5 Å². The minimum atomic E-state index is -0.538. The third-order valence-corrected chi connectivity index (χ3v) is 3.77. The van der Waals surface area contributed by atoms with Crippen LogP contribution in [0.4, 0.5) is 0 Å². The lowest BCUT2D eigenvalue weighted by atomic mass is 9.97. The van der Waals surface area contributed by atoms with Gasteiger partial charge in [-0.2, -0.15) is 0 Å². The van der Waals surface area contributed by atoms with Crippen LogP contribution in [-0.4, -0.2) is 46.5 Å². The topological polar surface area (TPSA) is 104 Å². The molecule has 0 amide bonds. The van der Waals surface area contributed by atoms with Crippen molar-refractivity contribution in [3.63, 3.8) is 0 Å². The number of hydrogen-bond donors (Lipinski definition) is 2. The zero-order valence-electron chi connectivity index (χ0n) is 16.8. The van der Waals surface area contributed by atoms with Gasteiger partial charge in [-0.25, -0.2) is 0 Å². The summed E-state index contributed by atoms with van der Waals surface area (Å²) in [6.45, 7) is 2.02. The highest BCUT2D eigenvalue weighted by atomic mass is 16.5. The smallest absolute Gasteiger partial charge is 0.211 e. The number of rotatable bonds is 10.